The van der Waals surface area contributed by atoms with Crippen LogP contribution in [0.5, 0.6) is 0 Å². The quantitative estimate of drug-likeness (QED) is 0.180. The van der Waals surface area contributed by atoms with Crippen LogP contribution in [0.3, 0.4) is 0 Å². The summed E-state index contributed by atoms with van der Waals surface area (Å²) in [5, 5.41) is 17.9. The number of hydrogen-bond acceptors (Lipinski definition) is 1. The molecule has 31 heavy (non-hydrogen) atoms. The Morgan fingerprint density at radius 1 is 0.645 bits per heavy atom. The summed E-state index contributed by atoms with van der Waals surface area (Å²) in [5.74, 6) is 0. The minimum Gasteiger partial charge on any atom is -0.845 e. The summed E-state index contributed by atoms with van der Waals surface area (Å²) < 4.78 is -0.593. The molecule has 0 N–H and O–H groups in total. The van der Waals surface area contributed by atoms with E-state index < -0.39 is 16.5 Å². The first-order valence-electron chi connectivity index (χ1n) is 10.4. The van der Waals surface area contributed by atoms with Gasteiger partial charge in [-0.25, -0.2) is 0 Å². The third-order valence-electron chi connectivity index (χ3n) is 5.94. The summed E-state index contributed by atoms with van der Waals surface area (Å²) in [6.45, 7) is 4.22. The zero-order valence-electron chi connectivity index (χ0n) is 17.8. The monoisotopic (exact) mass is 536 g/mol. The van der Waals surface area contributed by atoms with Crippen LogP contribution in [0.25, 0.3) is 0 Å². The van der Waals surface area contributed by atoms with Gasteiger partial charge in [0.05, 0.1) is 0 Å². The van der Waals surface area contributed by atoms with E-state index in [1.54, 1.807) is 0 Å². The SMILES string of the molecule is Cc1ccc(C([O-])C(C)(I)[P+](c2ccccc2)(c2ccccc2)c2ccccc2)cc1. The topological polar surface area (TPSA) is 23.1 Å². The fourth-order valence-corrected chi connectivity index (χ4v) is 12.0. The van der Waals surface area contributed by atoms with Gasteiger partial charge in [0.25, 0.3) is 0 Å². The standard InChI is InChI=1S/C28H26IOP/c1-22-18-20-23(21-19-22)27(30)28(2,29)31(24-12-6-3-7-13-24,25-14-8-4-9-15-25)26-16-10-5-11-17-26/h3-21,27H,1-2H3. The Labute approximate surface area is 199 Å². The van der Waals surface area contributed by atoms with Gasteiger partial charge in [-0.3, -0.25) is 0 Å². The maximum atomic E-state index is 14.2. The Bertz CT molecular complexity index is 1010. The van der Waals surface area contributed by atoms with Crippen molar-refractivity contribution in [3.05, 3.63) is 126 Å². The maximum absolute atomic E-state index is 14.2. The van der Waals surface area contributed by atoms with Gasteiger partial charge in [0.1, 0.15) is 26.3 Å². The average molecular weight is 536 g/mol. The Morgan fingerprint density at radius 2 is 1.00 bits per heavy atom. The zero-order valence-corrected chi connectivity index (χ0v) is 20.8. The zero-order chi connectivity index (χ0) is 21.9. The lowest BCUT2D eigenvalue weighted by Crippen LogP contribution is -2.49. The molecule has 0 aliphatic carbocycles. The molecular formula is C28H26IOP. The largest absolute Gasteiger partial charge is 0.845 e. The van der Waals surface area contributed by atoms with Gasteiger partial charge < -0.3 is 5.11 Å². The number of alkyl halides is 1. The predicted octanol–water partition coefficient (Wildman–Crippen LogP) is 5.54. The fraction of sp³-hybridized carbons (Fsp3) is 0.143. The highest BCUT2D eigenvalue weighted by molar-refractivity contribution is 14.1. The van der Waals surface area contributed by atoms with Gasteiger partial charge in [-0.2, -0.15) is 0 Å². The molecule has 4 aromatic carbocycles. The Hall–Kier alpha value is -2.00. The first-order chi connectivity index (χ1) is 15.0. The van der Waals surface area contributed by atoms with Crippen molar-refractivity contribution in [2.24, 2.45) is 0 Å². The number of hydrogen-bond donors (Lipinski definition) is 0. The second-order valence-electron chi connectivity index (χ2n) is 7.99. The number of rotatable bonds is 6. The van der Waals surface area contributed by atoms with Crippen molar-refractivity contribution in [1.29, 1.82) is 0 Å². The molecule has 0 fully saturated rings. The molecule has 0 aromatic heterocycles. The maximum Gasteiger partial charge on any atom is 0.132 e. The van der Waals surface area contributed by atoms with Crippen LogP contribution in [0.2, 0.25) is 0 Å². The molecule has 4 rings (SSSR count). The minimum absolute atomic E-state index is 0.593. The van der Waals surface area contributed by atoms with Gasteiger partial charge >= 0.3 is 0 Å². The fourth-order valence-electron chi connectivity index (χ4n) is 4.38. The molecule has 0 heterocycles. The molecule has 2 atom stereocenters. The van der Waals surface area contributed by atoms with E-state index in [2.05, 4.69) is 109 Å². The molecule has 0 radical (unpaired) electrons. The molecule has 1 nitrogen and oxygen atoms in total. The summed E-state index contributed by atoms with van der Waals surface area (Å²) in [7, 11) is -2.32. The number of benzene rings is 4. The molecule has 156 valence electrons. The van der Waals surface area contributed by atoms with Crippen molar-refractivity contribution >= 4 is 45.8 Å². The Kier molecular flexibility index (Phi) is 6.62. The predicted molar refractivity (Wildman–Crippen MR) is 141 cm³/mol. The molecule has 0 bridgehead atoms. The van der Waals surface area contributed by atoms with E-state index in [1.807, 2.05) is 42.5 Å². The van der Waals surface area contributed by atoms with Crippen LogP contribution in [0.4, 0.5) is 0 Å². The minimum atomic E-state index is -2.32. The molecule has 0 saturated carbocycles. The van der Waals surface area contributed by atoms with Crippen LogP contribution in [0.15, 0.2) is 115 Å². The van der Waals surface area contributed by atoms with Crippen LogP contribution in [0, 0.1) is 6.92 Å². The second-order valence-corrected chi connectivity index (χ2v) is 14.9. The number of halogens is 1. The van der Waals surface area contributed by atoms with Crippen LogP contribution in [0.1, 0.15) is 24.2 Å². The van der Waals surface area contributed by atoms with Crippen LogP contribution < -0.4 is 21.0 Å². The normalized spacial score (nSPS) is 14.6. The highest BCUT2D eigenvalue weighted by Crippen LogP contribution is 2.71. The molecule has 0 saturated heterocycles. The molecule has 3 heteroatoms. The van der Waals surface area contributed by atoms with Crippen LogP contribution >= 0.6 is 29.9 Å². The van der Waals surface area contributed by atoms with Crippen molar-refractivity contribution in [3.8, 4) is 0 Å². The summed E-state index contributed by atoms with van der Waals surface area (Å²) in [6.07, 6.45) is -0.886. The summed E-state index contributed by atoms with van der Waals surface area (Å²) in [6, 6.07) is 40.0. The van der Waals surface area contributed by atoms with E-state index in [0.717, 1.165) is 5.56 Å². The van der Waals surface area contributed by atoms with Crippen molar-refractivity contribution in [2.45, 2.75) is 23.1 Å². The van der Waals surface area contributed by atoms with E-state index in [9.17, 15) is 5.11 Å². The summed E-state index contributed by atoms with van der Waals surface area (Å²) in [5.41, 5.74) is 2.01. The van der Waals surface area contributed by atoms with E-state index in [-0.39, 0.29) is 0 Å². The molecule has 0 aliphatic heterocycles. The molecule has 0 amide bonds. The summed E-state index contributed by atoms with van der Waals surface area (Å²) in [4.78, 5) is 0. The van der Waals surface area contributed by atoms with Gasteiger partial charge in [-0.1, -0.05) is 90.0 Å². The van der Waals surface area contributed by atoms with Gasteiger partial charge in [-0.15, -0.1) is 0 Å². The van der Waals surface area contributed by atoms with Crippen LogP contribution in [-0.2, 0) is 0 Å². The summed E-state index contributed by atoms with van der Waals surface area (Å²) >= 11 is 2.48. The third kappa shape index (κ3) is 3.98. The molecule has 2 unspecified atom stereocenters. The lowest BCUT2D eigenvalue weighted by molar-refractivity contribution is -0.426. The Balaban J connectivity index is 2.05. The van der Waals surface area contributed by atoms with E-state index in [4.69, 9.17) is 0 Å². The van der Waals surface area contributed by atoms with E-state index in [0.29, 0.717) is 0 Å². The van der Waals surface area contributed by atoms with Crippen LogP contribution in [-0.4, -0.2) is 3.16 Å². The van der Waals surface area contributed by atoms with Crippen molar-refractivity contribution < 1.29 is 5.11 Å². The molecule has 0 spiro atoms. The van der Waals surface area contributed by atoms with Gasteiger partial charge in [0, 0.05) is 0 Å². The first-order valence-corrected chi connectivity index (χ1v) is 13.3. The van der Waals surface area contributed by atoms with Gasteiger partial charge in [0.15, 0.2) is 0 Å². The molecular weight excluding hydrogens is 510 g/mol. The van der Waals surface area contributed by atoms with Crippen molar-refractivity contribution in [3.63, 3.8) is 0 Å². The Morgan fingerprint density at radius 3 is 1.35 bits per heavy atom. The van der Waals surface area contributed by atoms with E-state index in [1.165, 1.54) is 21.5 Å². The average Bonchev–Trinajstić information content (AvgIpc) is 2.81. The number of aryl methyl sites for hydroxylation is 1. The molecule has 4 aromatic rings. The third-order valence-corrected chi connectivity index (χ3v) is 13.4. The highest BCUT2D eigenvalue weighted by atomic mass is 127. The second kappa shape index (κ2) is 9.24. The van der Waals surface area contributed by atoms with Crippen molar-refractivity contribution in [1.82, 2.24) is 0 Å². The molecule has 0 aliphatic rings. The van der Waals surface area contributed by atoms with Gasteiger partial charge in [-0.05, 0) is 78.9 Å². The van der Waals surface area contributed by atoms with E-state index >= 15 is 0 Å². The lowest BCUT2D eigenvalue weighted by Gasteiger charge is -2.46. The smallest absolute Gasteiger partial charge is 0.132 e. The van der Waals surface area contributed by atoms with Crippen molar-refractivity contribution in [2.75, 3.05) is 0 Å². The first kappa shape index (κ1) is 22.2. The lowest BCUT2D eigenvalue weighted by atomic mass is 10.1. The highest BCUT2D eigenvalue weighted by Gasteiger charge is 2.59. The van der Waals surface area contributed by atoms with Gasteiger partial charge in [0.2, 0.25) is 0 Å².